The third-order valence-corrected chi connectivity index (χ3v) is 2.80. The number of furan rings is 1. The van der Waals surface area contributed by atoms with Gasteiger partial charge in [0.1, 0.15) is 11.5 Å². The van der Waals surface area contributed by atoms with E-state index in [1.165, 1.54) is 0 Å². The van der Waals surface area contributed by atoms with Crippen LogP contribution in [0.3, 0.4) is 0 Å². The van der Waals surface area contributed by atoms with Gasteiger partial charge in [-0.1, -0.05) is 0 Å². The van der Waals surface area contributed by atoms with Crippen LogP contribution in [0.4, 0.5) is 5.69 Å². The van der Waals surface area contributed by atoms with Gasteiger partial charge < -0.3 is 14.9 Å². The van der Waals surface area contributed by atoms with E-state index in [0.29, 0.717) is 0 Å². The zero-order valence-corrected chi connectivity index (χ0v) is 10.7. The lowest BCUT2D eigenvalue weighted by Crippen LogP contribution is -2.17. The van der Waals surface area contributed by atoms with E-state index in [2.05, 4.69) is 4.90 Å². The molecular formula is C14H18N2O2. The zero-order chi connectivity index (χ0) is 13.0. The van der Waals surface area contributed by atoms with Crippen molar-refractivity contribution >= 4 is 5.69 Å². The molecule has 1 aromatic heterocycles. The van der Waals surface area contributed by atoms with E-state index >= 15 is 0 Å². The van der Waals surface area contributed by atoms with Crippen LogP contribution in [0.25, 0.3) is 0 Å². The normalized spacial score (nSPS) is 10.8. The smallest absolute Gasteiger partial charge is 0.119 e. The van der Waals surface area contributed by atoms with Gasteiger partial charge in [-0.3, -0.25) is 4.90 Å². The first-order valence-corrected chi connectivity index (χ1v) is 5.82. The van der Waals surface area contributed by atoms with E-state index < -0.39 is 0 Å². The molecule has 0 radical (unpaired) electrons. The van der Waals surface area contributed by atoms with Crippen molar-refractivity contribution in [1.82, 2.24) is 4.90 Å². The molecule has 0 aliphatic rings. The second kappa shape index (κ2) is 5.60. The molecule has 18 heavy (non-hydrogen) atoms. The molecule has 1 aromatic carbocycles. The summed E-state index contributed by atoms with van der Waals surface area (Å²) in [7, 11) is 3.68. The maximum Gasteiger partial charge on any atom is 0.119 e. The Hall–Kier alpha value is -1.94. The van der Waals surface area contributed by atoms with Gasteiger partial charge >= 0.3 is 0 Å². The third kappa shape index (κ3) is 3.05. The highest BCUT2D eigenvalue weighted by molar-refractivity contribution is 5.50. The second-order valence-electron chi connectivity index (χ2n) is 4.32. The lowest BCUT2D eigenvalue weighted by atomic mass is 10.1. The Morgan fingerprint density at radius 3 is 2.78 bits per heavy atom. The van der Waals surface area contributed by atoms with Gasteiger partial charge in [0, 0.05) is 12.2 Å². The standard InChI is InChI=1S/C14H18N2O2/c1-16(10-13-4-3-7-18-13)9-11-8-12(17-2)5-6-14(11)15/h3-8H,9-10,15H2,1-2H3. The lowest BCUT2D eigenvalue weighted by Gasteiger charge is -2.17. The molecule has 0 spiro atoms. The minimum Gasteiger partial charge on any atom is -0.497 e. The van der Waals surface area contributed by atoms with Crippen molar-refractivity contribution in [1.29, 1.82) is 0 Å². The SMILES string of the molecule is COc1ccc(N)c(CN(C)Cc2ccco2)c1. The summed E-state index contributed by atoms with van der Waals surface area (Å²) in [4.78, 5) is 2.14. The minimum atomic E-state index is 0.754. The molecule has 4 nitrogen and oxygen atoms in total. The summed E-state index contributed by atoms with van der Waals surface area (Å²) in [5.74, 6) is 1.77. The maximum absolute atomic E-state index is 5.96. The van der Waals surface area contributed by atoms with E-state index in [0.717, 1.165) is 35.9 Å². The van der Waals surface area contributed by atoms with Crippen molar-refractivity contribution in [3.63, 3.8) is 0 Å². The van der Waals surface area contributed by atoms with Crippen LogP contribution in [-0.2, 0) is 13.1 Å². The Bertz CT molecular complexity index is 495. The van der Waals surface area contributed by atoms with Gasteiger partial charge in [-0.15, -0.1) is 0 Å². The summed E-state index contributed by atoms with van der Waals surface area (Å²) in [5.41, 5.74) is 7.80. The molecule has 0 unspecified atom stereocenters. The summed E-state index contributed by atoms with van der Waals surface area (Å²) in [6.45, 7) is 1.51. The van der Waals surface area contributed by atoms with Crippen LogP contribution in [0.15, 0.2) is 41.0 Å². The highest BCUT2D eigenvalue weighted by atomic mass is 16.5. The molecule has 2 aromatic rings. The first-order chi connectivity index (χ1) is 8.69. The number of ether oxygens (including phenoxy) is 1. The summed E-state index contributed by atoms with van der Waals surface area (Å²) in [6, 6.07) is 9.56. The zero-order valence-electron chi connectivity index (χ0n) is 10.7. The molecule has 0 aliphatic heterocycles. The van der Waals surface area contributed by atoms with Gasteiger partial charge in [0.15, 0.2) is 0 Å². The molecule has 0 amide bonds. The highest BCUT2D eigenvalue weighted by Crippen LogP contribution is 2.21. The van der Waals surface area contributed by atoms with Gasteiger partial charge in [0.2, 0.25) is 0 Å². The molecule has 0 atom stereocenters. The summed E-state index contributed by atoms with van der Waals surface area (Å²) >= 11 is 0. The number of methoxy groups -OCH3 is 1. The molecular weight excluding hydrogens is 228 g/mol. The predicted molar refractivity (Wildman–Crippen MR) is 71.3 cm³/mol. The number of hydrogen-bond acceptors (Lipinski definition) is 4. The minimum absolute atomic E-state index is 0.754. The maximum atomic E-state index is 5.96. The molecule has 1 heterocycles. The molecule has 4 heteroatoms. The quantitative estimate of drug-likeness (QED) is 0.823. The number of hydrogen-bond donors (Lipinski definition) is 1. The van der Waals surface area contributed by atoms with Crippen LogP contribution < -0.4 is 10.5 Å². The van der Waals surface area contributed by atoms with Crippen LogP contribution in [-0.4, -0.2) is 19.1 Å². The van der Waals surface area contributed by atoms with Gasteiger partial charge in [0.25, 0.3) is 0 Å². The third-order valence-electron chi connectivity index (χ3n) is 2.80. The first kappa shape index (κ1) is 12.5. The largest absolute Gasteiger partial charge is 0.497 e. The fraction of sp³-hybridized carbons (Fsp3) is 0.286. The Balaban J connectivity index is 2.04. The Kier molecular flexibility index (Phi) is 3.89. The first-order valence-electron chi connectivity index (χ1n) is 5.82. The molecule has 0 aliphatic carbocycles. The molecule has 0 bridgehead atoms. The molecule has 0 fully saturated rings. The van der Waals surface area contributed by atoms with E-state index in [-0.39, 0.29) is 0 Å². The van der Waals surface area contributed by atoms with Crippen LogP contribution in [0, 0.1) is 0 Å². The Morgan fingerprint density at radius 2 is 2.11 bits per heavy atom. The second-order valence-corrected chi connectivity index (χ2v) is 4.32. The van der Waals surface area contributed by atoms with E-state index in [9.17, 15) is 0 Å². The lowest BCUT2D eigenvalue weighted by molar-refractivity contribution is 0.288. The number of benzene rings is 1. The van der Waals surface area contributed by atoms with Gasteiger partial charge in [-0.2, -0.15) is 0 Å². The van der Waals surface area contributed by atoms with Crippen molar-refractivity contribution in [3.05, 3.63) is 47.9 Å². The fourth-order valence-electron chi connectivity index (χ4n) is 1.86. The summed E-state index contributed by atoms with van der Waals surface area (Å²) in [6.07, 6.45) is 1.68. The van der Waals surface area contributed by atoms with Gasteiger partial charge in [0.05, 0.1) is 19.9 Å². The average molecular weight is 246 g/mol. The van der Waals surface area contributed by atoms with Crippen molar-refractivity contribution < 1.29 is 9.15 Å². The number of rotatable bonds is 5. The highest BCUT2D eigenvalue weighted by Gasteiger charge is 2.07. The van der Waals surface area contributed by atoms with Crippen LogP contribution in [0.2, 0.25) is 0 Å². The van der Waals surface area contributed by atoms with Gasteiger partial charge in [-0.25, -0.2) is 0 Å². The van der Waals surface area contributed by atoms with Crippen LogP contribution in [0.5, 0.6) is 5.75 Å². The van der Waals surface area contributed by atoms with Crippen molar-refractivity contribution in [2.75, 3.05) is 19.9 Å². The summed E-state index contributed by atoms with van der Waals surface area (Å²) in [5, 5.41) is 0. The number of nitrogen functional groups attached to an aromatic ring is 1. The van der Waals surface area contributed by atoms with Gasteiger partial charge in [-0.05, 0) is 42.9 Å². The topological polar surface area (TPSA) is 51.6 Å². The van der Waals surface area contributed by atoms with Crippen molar-refractivity contribution in [2.24, 2.45) is 0 Å². The van der Waals surface area contributed by atoms with E-state index in [4.69, 9.17) is 14.9 Å². The fourth-order valence-corrected chi connectivity index (χ4v) is 1.86. The number of nitrogens with two attached hydrogens (primary N) is 1. The molecule has 96 valence electrons. The Labute approximate surface area is 107 Å². The average Bonchev–Trinajstić information content (AvgIpc) is 2.84. The monoisotopic (exact) mass is 246 g/mol. The molecule has 2 rings (SSSR count). The van der Waals surface area contributed by atoms with Crippen LogP contribution >= 0.6 is 0 Å². The number of anilines is 1. The molecule has 0 saturated heterocycles. The van der Waals surface area contributed by atoms with E-state index in [1.54, 1.807) is 13.4 Å². The molecule has 2 N–H and O–H groups in total. The van der Waals surface area contributed by atoms with Crippen molar-refractivity contribution in [3.8, 4) is 5.75 Å². The molecule has 0 saturated carbocycles. The predicted octanol–water partition coefficient (Wildman–Crippen LogP) is 2.50. The van der Waals surface area contributed by atoms with Crippen LogP contribution in [0.1, 0.15) is 11.3 Å². The van der Waals surface area contributed by atoms with Crippen molar-refractivity contribution in [2.45, 2.75) is 13.1 Å². The number of nitrogens with zero attached hydrogens (tertiary/aromatic N) is 1. The van der Waals surface area contributed by atoms with E-state index in [1.807, 2.05) is 37.4 Å². The summed E-state index contributed by atoms with van der Waals surface area (Å²) < 4.78 is 10.5. The Morgan fingerprint density at radius 1 is 1.28 bits per heavy atom.